The van der Waals surface area contributed by atoms with Crippen LogP contribution < -0.4 is 5.32 Å². The Morgan fingerprint density at radius 1 is 1.12 bits per heavy atom. The van der Waals surface area contributed by atoms with Gasteiger partial charge in [-0.2, -0.15) is 0 Å². The highest BCUT2D eigenvalue weighted by Gasteiger charge is 2.16. The largest absolute Gasteiger partial charge is 0.312 e. The molecule has 1 unspecified atom stereocenters. The lowest BCUT2D eigenvalue weighted by Crippen LogP contribution is -2.37. The number of nitrogens with one attached hydrogen (secondary N) is 1. The summed E-state index contributed by atoms with van der Waals surface area (Å²) in [6.07, 6.45) is 4.14. The molecule has 2 nitrogen and oxygen atoms in total. The molecular weight excluding hydrogens is 196 g/mol. The monoisotopic (exact) mass is 218 g/mol. The first-order valence-corrected chi connectivity index (χ1v) is 6.34. The van der Waals surface area contributed by atoms with Gasteiger partial charge in [-0.15, -0.1) is 0 Å². The van der Waals surface area contributed by atoms with Crippen molar-refractivity contribution in [3.63, 3.8) is 0 Å². The van der Waals surface area contributed by atoms with E-state index in [1.807, 2.05) is 0 Å². The molecule has 88 valence electrons. The Morgan fingerprint density at radius 3 is 2.44 bits per heavy atom. The summed E-state index contributed by atoms with van der Waals surface area (Å²) in [5.41, 5.74) is 1.40. The SMILES string of the molecule is CNC(CN1CCCCC1)c1ccccc1. The van der Waals surface area contributed by atoms with E-state index >= 15 is 0 Å². The lowest BCUT2D eigenvalue weighted by molar-refractivity contribution is 0.208. The first kappa shape index (κ1) is 11.6. The molecule has 1 N–H and O–H groups in total. The van der Waals surface area contributed by atoms with E-state index in [9.17, 15) is 0 Å². The fraction of sp³-hybridized carbons (Fsp3) is 0.571. The zero-order valence-corrected chi connectivity index (χ0v) is 10.2. The summed E-state index contributed by atoms with van der Waals surface area (Å²) >= 11 is 0. The third kappa shape index (κ3) is 3.06. The van der Waals surface area contributed by atoms with Crippen molar-refractivity contribution in [1.82, 2.24) is 10.2 Å². The van der Waals surface area contributed by atoms with Gasteiger partial charge in [0.15, 0.2) is 0 Å². The van der Waals surface area contributed by atoms with Crippen LogP contribution in [0.25, 0.3) is 0 Å². The summed E-state index contributed by atoms with van der Waals surface area (Å²) < 4.78 is 0. The lowest BCUT2D eigenvalue weighted by atomic mass is 10.0. The number of likely N-dealkylation sites (N-methyl/N-ethyl adjacent to an activating group) is 1. The van der Waals surface area contributed by atoms with Gasteiger partial charge >= 0.3 is 0 Å². The van der Waals surface area contributed by atoms with Crippen molar-refractivity contribution in [2.24, 2.45) is 0 Å². The van der Waals surface area contributed by atoms with Crippen LogP contribution in [-0.4, -0.2) is 31.6 Å². The molecule has 0 aromatic heterocycles. The van der Waals surface area contributed by atoms with Crippen molar-refractivity contribution < 1.29 is 0 Å². The maximum Gasteiger partial charge on any atom is 0.0446 e. The quantitative estimate of drug-likeness (QED) is 0.835. The Hall–Kier alpha value is -0.860. The molecule has 1 atom stereocenters. The van der Waals surface area contributed by atoms with Gasteiger partial charge in [0, 0.05) is 12.6 Å². The lowest BCUT2D eigenvalue weighted by Gasteiger charge is -2.30. The van der Waals surface area contributed by atoms with E-state index in [-0.39, 0.29) is 0 Å². The minimum atomic E-state index is 0.472. The number of likely N-dealkylation sites (tertiary alicyclic amines) is 1. The van der Waals surface area contributed by atoms with Crippen LogP contribution in [-0.2, 0) is 0 Å². The fourth-order valence-electron chi connectivity index (χ4n) is 2.45. The average molecular weight is 218 g/mol. The number of rotatable bonds is 4. The Kier molecular flexibility index (Phi) is 4.37. The van der Waals surface area contributed by atoms with E-state index in [1.54, 1.807) is 0 Å². The van der Waals surface area contributed by atoms with Crippen molar-refractivity contribution in [3.8, 4) is 0 Å². The smallest absolute Gasteiger partial charge is 0.0446 e. The minimum absolute atomic E-state index is 0.472. The zero-order valence-electron chi connectivity index (χ0n) is 10.2. The molecule has 1 aromatic rings. The number of hydrogen-bond donors (Lipinski definition) is 1. The van der Waals surface area contributed by atoms with Crippen molar-refractivity contribution >= 4 is 0 Å². The number of piperidine rings is 1. The molecule has 1 aromatic carbocycles. The van der Waals surface area contributed by atoms with E-state index in [0.717, 1.165) is 6.54 Å². The third-order valence-corrected chi connectivity index (χ3v) is 3.44. The molecule has 0 aliphatic carbocycles. The van der Waals surface area contributed by atoms with Crippen LogP contribution >= 0.6 is 0 Å². The predicted molar refractivity (Wildman–Crippen MR) is 68.5 cm³/mol. The molecular formula is C14H22N2. The van der Waals surface area contributed by atoms with Gasteiger partial charge in [0.25, 0.3) is 0 Å². The van der Waals surface area contributed by atoms with Crippen LogP contribution in [0.15, 0.2) is 30.3 Å². The second kappa shape index (κ2) is 6.02. The Balaban J connectivity index is 1.94. The topological polar surface area (TPSA) is 15.3 Å². The van der Waals surface area contributed by atoms with Gasteiger partial charge in [-0.25, -0.2) is 0 Å². The van der Waals surface area contributed by atoms with Crippen LogP contribution in [0.1, 0.15) is 30.9 Å². The summed E-state index contributed by atoms with van der Waals surface area (Å²) in [5, 5.41) is 3.42. The average Bonchev–Trinajstić information content (AvgIpc) is 2.38. The van der Waals surface area contributed by atoms with Gasteiger partial charge in [-0.3, -0.25) is 0 Å². The summed E-state index contributed by atoms with van der Waals surface area (Å²) in [6, 6.07) is 11.2. The van der Waals surface area contributed by atoms with Gasteiger partial charge in [0.05, 0.1) is 0 Å². The summed E-state index contributed by atoms with van der Waals surface area (Å²) in [6.45, 7) is 3.68. The van der Waals surface area contributed by atoms with E-state index in [1.165, 1.54) is 37.9 Å². The third-order valence-electron chi connectivity index (χ3n) is 3.44. The highest BCUT2D eigenvalue weighted by molar-refractivity contribution is 5.19. The van der Waals surface area contributed by atoms with Crippen LogP contribution in [0.3, 0.4) is 0 Å². The molecule has 1 fully saturated rings. The summed E-state index contributed by atoms with van der Waals surface area (Å²) in [5.74, 6) is 0. The van der Waals surface area contributed by atoms with Gasteiger partial charge in [-0.05, 0) is 38.5 Å². The second-order valence-corrected chi connectivity index (χ2v) is 4.61. The van der Waals surface area contributed by atoms with Gasteiger partial charge in [0.2, 0.25) is 0 Å². The zero-order chi connectivity index (χ0) is 11.2. The van der Waals surface area contributed by atoms with Crippen LogP contribution in [0.5, 0.6) is 0 Å². The Labute approximate surface area is 98.7 Å². The van der Waals surface area contributed by atoms with Crippen LogP contribution in [0.2, 0.25) is 0 Å². The second-order valence-electron chi connectivity index (χ2n) is 4.61. The van der Waals surface area contributed by atoms with E-state index in [4.69, 9.17) is 0 Å². The molecule has 0 radical (unpaired) electrons. The molecule has 16 heavy (non-hydrogen) atoms. The number of benzene rings is 1. The standard InChI is InChI=1S/C14H22N2/c1-15-14(13-8-4-2-5-9-13)12-16-10-6-3-7-11-16/h2,4-5,8-9,14-15H,3,6-7,10-12H2,1H3. The normalized spacial score (nSPS) is 19.6. The van der Waals surface area contributed by atoms with Gasteiger partial charge in [-0.1, -0.05) is 36.8 Å². The molecule has 1 aliphatic rings. The maximum absolute atomic E-state index is 3.42. The molecule has 0 bridgehead atoms. The van der Waals surface area contributed by atoms with Crippen molar-refractivity contribution in [3.05, 3.63) is 35.9 Å². The Morgan fingerprint density at radius 2 is 1.81 bits per heavy atom. The van der Waals surface area contributed by atoms with Crippen molar-refractivity contribution in [2.45, 2.75) is 25.3 Å². The molecule has 1 aliphatic heterocycles. The molecule has 2 heteroatoms. The fourth-order valence-corrected chi connectivity index (χ4v) is 2.45. The molecule has 1 saturated heterocycles. The van der Waals surface area contributed by atoms with Crippen molar-refractivity contribution in [1.29, 1.82) is 0 Å². The molecule has 1 heterocycles. The summed E-state index contributed by atoms with van der Waals surface area (Å²) in [7, 11) is 2.06. The van der Waals surface area contributed by atoms with E-state index in [0.29, 0.717) is 6.04 Å². The number of hydrogen-bond acceptors (Lipinski definition) is 2. The van der Waals surface area contributed by atoms with E-state index in [2.05, 4.69) is 47.6 Å². The molecule has 0 spiro atoms. The van der Waals surface area contributed by atoms with E-state index < -0.39 is 0 Å². The Bertz CT molecular complexity index is 291. The highest BCUT2D eigenvalue weighted by atomic mass is 15.1. The maximum atomic E-state index is 3.42. The van der Waals surface area contributed by atoms with Crippen molar-refractivity contribution in [2.75, 3.05) is 26.7 Å². The number of nitrogens with zero attached hydrogens (tertiary/aromatic N) is 1. The summed E-state index contributed by atoms with van der Waals surface area (Å²) in [4.78, 5) is 2.58. The predicted octanol–water partition coefficient (Wildman–Crippen LogP) is 2.43. The first-order chi connectivity index (χ1) is 7.90. The minimum Gasteiger partial charge on any atom is -0.312 e. The van der Waals surface area contributed by atoms with Gasteiger partial charge < -0.3 is 10.2 Å². The molecule has 0 amide bonds. The highest BCUT2D eigenvalue weighted by Crippen LogP contribution is 2.16. The van der Waals surface area contributed by atoms with Crippen LogP contribution in [0, 0.1) is 0 Å². The van der Waals surface area contributed by atoms with Gasteiger partial charge in [0.1, 0.15) is 0 Å². The first-order valence-electron chi connectivity index (χ1n) is 6.34. The molecule has 0 saturated carbocycles. The van der Waals surface area contributed by atoms with Crippen LogP contribution in [0.4, 0.5) is 0 Å². The molecule has 2 rings (SSSR count).